The zero-order valence-corrected chi connectivity index (χ0v) is 14.7. The van der Waals surface area contributed by atoms with Gasteiger partial charge >= 0.3 is 0 Å². The zero-order chi connectivity index (χ0) is 17.6. The van der Waals surface area contributed by atoms with Gasteiger partial charge in [0.1, 0.15) is 0 Å². The monoisotopic (exact) mass is 349 g/mol. The van der Waals surface area contributed by atoms with Gasteiger partial charge in [0.2, 0.25) is 0 Å². The summed E-state index contributed by atoms with van der Waals surface area (Å²) in [6.07, 6.45) is 4.62. The van der Waals surface area contributed by atoms with Crippen LogP contribution in [-0.2, 0) is 13.0 Å². The van der Waals surface area contributed by atoms with Crippen LogP contribution >= 0.6 is 0 Å². The van der Waals surface area contributed by atoms with Crippen molar-refractivity contribution in [1.29, 1.82) is 0 Å². The summed E-state index contributed by atoms with van der Waals surface area (Å²) in [4.78, 5) is 6.74. The Labute approximate surface area is 153 Å². The van der Waals surface area contributed by atoms with Crippen molar-refractivity contribution in [1.82, 2.24) is 35.4 Å². The smallest absolute Gasteiger partial charge is 0.173 e. The molecule has 0 aliphatic carbocycles. The molecule has 134 valence electrons. The number of tetrazole rings is 1. The van der Waals surface area contributed by atoms with Crippen LogP contribution in [0.1, 0.15) is 23.0 Å². The number of hydrogen-bond donors (Lipinski definition) is 1. The molecule has 1 unspecified atom stereocenters. The highest BCUT2D eigenvalue weighted by Crippen LogP contribution is 2.26. The fourth-order valence-corrected chi connectivity index (χ4v) is 3.45. The zero-order valence-electron chi connectivity index (χ0n) is 14.7. The van der Waals surface area contributed by atoms with E-state index in [9.17, 15) is 0 Å². The van der Waals surface area contributed by atoms with Crippen LogP contribution in [0.2, 0.25) is 0 Å². The van der Waals surface area contributed by atoms with Crippen LogP contribution in [0, 0.1) is 0 Å². The normalized spacial score (nSPS) is 16.5. The lowest BCUT2D eigenvalue weighted by molar-refractivity contribution is 0.187. The summed E-state index contributed by atoms with van der Waals surface area (Å²) in [5.41, 5.74) is 2.42. The summed E-state index contributed by atoms with van der Waals surface area (Å²) >= 11 is 0. The van der Waals surface area contributed by atoms with Gasteiger partial charge in [0.25, 0.3) is 0 Å². The second-order valence-electron chi connectivity index (χ2n) is 6.47. The van der Waals surface area contributed by atoms with E-state index in [1.54, 1.807) is 6.20 Å². The quantitative estimate of drug-likeness (QED) is 0.723. The molecule has 0 amide bonds. The van der Waals surface area contributed by atoms with Crippen molar-refractivity contribution in [3.63, 3.8) is 0 Å². The SMILES string of the molecule is c1ccc(CCn2nnnc2C(c2cccnc2)N2CCNCC2)cc1. The molecule has 26 heavy (non-hydrogen) atoms. The molecular weight excluding hydrogens is 326 g/mol. The standard InChI is InChI=1S/C19H23N7/c1-2-5-16(6-3-1)8-12-26-19(22-23-24-26)18(17-7-4-9-21-15-17)25-13-10-20-11-14-25/h1-7,9,15,18,20H,8,10-14H2. The number of nitrogens with one attached hydrogen (secondary N) is 1. The van der Waals surface area contributed by atoms with Crippen LogP contribution in [-0.4, -0.2) is 56.3 Å². The van der Waals surface area contributed by atoms with E-state index >= 15 is 0 Å². The second kappa shape index (κ2) is 8.16. The molecule has 0 saturated carbocycles. The molecule has 7 nitrogen and oxygen atoms in total. The molecule has 0 radical (unpaired) electrons. The van der Waals surface area contributed by atoms with Crippen molar-refractivity contribution in [2.75, 3.05) is 26.2 Å². The molecule has 3 heterocycles. The van der Waals surface area contributed by atoms with Gasteiger partial charge in [0.15, 0.2) is 5.82 Å². The van der Waals surface area contributed by atoms with E-state index in [0.717, 1.165) is 50.5 Å². The maximum absolute atomic E-state index is 4.39. The van der Waals surface area contributed by atoms with E-state index in [4.69, 9.17) is 0 Å². The first-order chi connectivity index (χ1) is 12.9. The topological polar surface area (TPSA) is 71.8 Å². The van der Waals surface area contributed by atoms with Crippen LogP contribution in [0.25, 0.3) is 0 Å². The summed E-state index contributed by atoms with van der Waals surface area (Å²) in [5.74, 6) is 0.885. The van der Waals surface area contributed by atoms with E-state index in [1.165, 1.54) is 5.56 Å². The largest absolute Gasteiger partial charge is 0.314 e. The lowest BCUT2D eigenvalue weighted by Gasteiger charge is -2.34. The molecule has 4 rings (SSSR count). The van der Waals surface area contributed by atoms with E-state index in [2.05, 4.69) is 61.1 Å². The maximum atomic E-state index is 4.39. The Morgan fingerprint density at radius 3 is 2.65 bits per heavy atom. The number of benzene rings is 1. The summed E-state index contributed by atoms with van der Waals surface area (Å²) in [6.45, 7) is 4.64. The lowest BCUT2D eigenvalue weighted by Crippen LogP contribution is -2.46. The molecule has 0 bridgehead atoms. The third-order valence-electron chi connectivity index (χ3n) is 4.78. The van der Waals surface area contributed by atoms with E-state index in [-0.39, 0.29) is 6.04 Å². The van der Waals surface area contributed by atoms with E-state index < -0.39 is 0 Å². The highest BCUT2D eigenvalue weighted by molar-refractivity contribution is 5.22. The predicted octanol–water partition coefficient (Wildman–Crippen LogP) is 1.31. The second-order valence-corrected chi connectivity index (χ2v) is 6.47. The molecule has 7 heteroatoms. The van der Waals surface area contributed by atoms with Crippen molar-refractivity contribution in [2.24, 2.45) is 0 Å². The van der Waals surface area contributed by atoms with Gasteiger partial charge < -0.3 is 5.32 Å². The van der Waals surface area contributed by atoms with Crippen LogP contribution in [0.5, 0.6) is 0 Å². The molecule has 1 aliphatic heterocycles. The summed E-state index contributed by atoms with van der Waals surface area (Å²) in [6, 6.07) is 14.5. The van der Waals surface area contributed by atoms with Crippen molar-refractivity contribution >= 4 is 0 Å². The van der Waals surface area contributed by atoms with Gasteiger partial charge in [0, 0.05) is 45.1 Å². The molecule has 1 atom stereocenters. The Kier molecular flexibility index (Phi) is 5.27. The predicted molar refractivity (Wildman–Crippen MR) is 98.5 cm³/mol. The van der Waals surface area contributed by atoms with Gasteiger partial charge in [-0.15, -0.1) is 5.10 Å². The molecule has 1 aromatic carbocycles. The Morgan fingerprint density at radius 1 is 1.04 bits per heavy atom. The molecule has 1 fully saturated rings. The van der Waals surface area contributed by atoms with Gasteiger partial charge in [-0.05, 0) is 34.0 Å². The van der Waals surface area contributed by atoms with Crippen LogP contribution in [0.3, 0.4) is 0 Å². The minimum Gasteiger partial charge on any atom is -0.314 e. The number of rotatable bonds is 6. The van der Waals surface area contributed by atoms with Crippen LogP contribution in [0.4, 0.5) is 0 Å². The summed E-state index contributed by atoms with van der Waals surface area (Å²) in [5, 5.41) is 16.0. The minimum absolute atomic E-state index is 0.0246. The number of piperazine rings is 1. The summed E-state index contributed by atoms with van der Waals surface area (Å²) < 4.78 is 1.94. The Balaban J connectivity index is 1.60. The minimum atomic E-state index is 0.0246. The van der Waals surface area contributed by atoms with Gasteiger partial charge in [-0.25, -0.2) is 4.68 Å². The fraction of sp³-hybridized carbons (Fsp3) is 0.368. The fourth-order valence-electron chi connectivity index (χ4n) is 3.45. The van der Waals surface area contributed by atoms with Crippen molar-refractivity contribution in [3.05, 3.63) is 71.8 Å². The molecule has 1 saturated heterocycles. The third kappa shape index (κ3) is 3.79. The summed E-state index contributed by atoms with van der Waals surface area (Å²) in [7, 11) is 0. The van der Waals surface area contributed by atoms with E-state index in [0.29, 0.717) is 0 Å². The van der Waals surface area contributed by atoms with E-state index in [1.807, 2.05) is 23.0 Å². The third-order valence-corrected chi connectivity index (χ3v) is 4.78. The highest BCUT2D eigenvalue weighted by atomic mass is 15.5. The first-order valence-electron chi connectivity index (χ1n) is 9.06. The van der Waals surface area contributed by atoms with Gasteiger partial charge in [-0.2, -0.15) is 0 Å². The number of aromatic nitrogens is 5. The van der Waals surface area contributed by atoms with Gasteiger partial charge in [0.05, 0.1) is 6.04 Å². The molecule has 3 aromatic rings. The Morgan fingerprint density at radius 2 is 1.88 bits per heavy atom. The molecule has 0 spiro atoms. The molecular formula is C19H23N7. The number of aryl methyl sites for hydroxylation is 2. The first kappa shape index (κ1) is 16.8. The number of pyridine rings is 1. The average Bonchev–Trinajstić information content (AvgIpc) is 3.17. The van der Waals surface area contributed by atoms with Crippen LogP contribution < -0.4 is 5.32 Å². The Bertz CT molecular complexity index is 797. The molecule has 2 aromatic heterocycles. The van der Waals surface area contributed by atoms with Crippen molar-refractivity contribution < 1.29 is 0 Å². The Hall–Kier alpha value is -2.64. The first-order valence-corrected chi connectivity index (χ1v) is 9.06. The molecule has 1 aliphatic rings. The van der Waals surface area contributed by atoms with Crippen molar-refractivity contribution in [3.8, 4) is 0 Å². The molecule has 1 N–H and O–H groups in total. The highest BCUT2D eigenvalue weighted by Gasteiger charge is 2.28. The average molecular weight is 349 g/mol. The number of nitrogens with zero attached hydrogens (tertiary/aromatic N) is 6. The maximum Gasteiger partial charge on any atom is 0.173 e. The number of hydrogen-bond acceptors (Lipinski definition) is 6. The van der Waals surface area contributed by atoms with Crippen LogP contribution in [0.15, 0.2) is 54.9 Å². The van der Waals surface area contributed by atoms with Gasteiger partial charge in [-0.3, -0.25) is 9.88 Å². The van der Waals surface area contributed by atoms with Crippen molar-refractivity contribution in [2.45, 2.75) is 19.0 Å². The lowest BCUT2D eigenvalue weighted by atomic mass is 10.1. The van der Waals surface area contributed by atoms with Gasteiger partial charge in [-0.1, -0.05) is 36.4 Å².